The molecule has 2 heterocycles. The first kappa shape index (κ1) is 22.9. The highest BCUT2D eigenvalue weighted by molar-refractivity contribution is 7.98. The van der Waals surface area contributed by atoms with Crippen LogP contribution in [0.3, 0.4) is 0 Å². The number of non-ortho nitro benzene ring substituents is 1. The predicted molar refractivity (Wildman–Crippen MR) is 121 cm³/mol. The van der Waals surface area contributed by atoms with Gasteiger partial charge in [-0.3, -0.25) is 24.3 Å². The molecule has 0 radical (unpaired) electrons. The Kier molecular flexibility index (Phi) is 7.92. The standard InChI is InChI=1S/C21H22N6O4S/c1-32-10-7-18(25-20(28)16-3-2-4-17(11-16)27(30)31)21(29)24-13-15-5-6-19(23-12-15)26-9-8-22-14-26/h2-6,8-9,11-12,14,18H,7,10,13H2,1H3,(H,24,29)(H,25,28). The molecule has 0 bridgehead atoms. The second kappa shape index (κ2) is 11.0. The first-order valence-corrected chi connectivity index (χ1v) is 11.1. The van der Waals surface area contributed by atoms with Crippen molar-refractivity contribution < 1.29 is 14.5 Å². The number of imidazole rings is 1. The second-order valence-electron chi connectivity index (χ2n) is 6.83. The number of rotatable bonds is 10. The molecule has 0 spiro atoms. The molecule has 10 nitrogen and oxygen atoms in total. The summed E-state index contributed by atoms with van der Waals surface area (Å²) in [7, 11) is 0. The molecule has 1 aromatic carbocycles. The van der Waals surface area contributed by atoms with E-state index in [4.69, 9.17) is 0 Å². The normalized spacial score (nSPS) is 11.5. The molecule has 2 amide bonds. The smallest absolute Gasteiger partial charge is 0.270 e. The van der Waals surface area contributed by atoms with Crippen LogP contribution in [0, 0.1) is 10.1 Å². The number of nitro benzene ring substituents is 1. The Hall–Kier alpha value is -3.73. The third-order valence-corrected chi connectivity index (χ3v) is 5.24. The molecule has 0 saturated carbocycles. The molecule has 0 saturated heterocycles. The third kappa shape index (κ3) is 6.14. The quantitative estimate of drug-likeness (QED) is 0.355. The summed E-state index contributed by atoms with van der Waals surface area (Å²) >= 11 is 1.55. The molecule has 2 N–H and O–H groups in total. The van der Waals surface area contributed by atoms with E-state index in [1.807, 2.05) is 18.4 Å². The van der Waals surface area contributed by atoms with Gasteiger partial charge in [0.05, 0.1) is 4.92 Å². The van der Waals surface area contributed by atoms with Gasteiger partial charge in [-0.1, -0.05) is 12.1 Å². The molecule has 0 aliphatic heterocycles. The predicted octanol–water partition coefficient (Wildman–Crippen LogP) is 2.34. The maximum atomic E-state index is 12.7. The average molecular weight is 455 g/mol. The van der Waals surface area contributed by atoms with E-state index in [9.17, 15) is 19.7 Å². The van der Waals surface area contributed by atoms with E-state index in [0.717, 1.165) is 5.56 Å². The van der Waals surface area contributed by atoms with Crippen LogP contribution in [0.25, 0.3) is 5.82 Å². The minimum atomic E-state index is -0.771. The van der Waals surface area contributed by atoms with E-state index in [-0.39, 0.29) is 23.7 Å². The topological polar surface area (TPSA) is 132 Å². The van der Waals surface area contributed by atoms with Gasteiger partial charge in [-0.25, -0.2) is 9.97 Å². The van der Waals surface area contributed by atoms with Gasteiger partial charge >= 0.3 is 0 Å². The maximum absolute atomic E-state index is 12.7. The number of carbonyl (C=O) groups is 2. The lowest BCUT2D eigenvalue weighted by atomic mass is 10.1. The highest BCUT2D eigenvalue weighted by Gasteiger charge is 2.22. The van der Waals surface area contributed by atoms with Crippen LogP contribution in [0.15, 0.2) is 61.3 Å². The van der Waals surface area contributed by atoms with Gasteiger partial charge < -0.3 is 10.6 Å². The number of aromatic nitrogens is 3. The fourth-order valence-corrected chi connectivity index (χ4v) is 3.36. The van der Waals surface area contributed by atoms with Gasteiger partial charge in [0.2, 0.25) is 5.91 Å². The molecule has 3 rings (SSSR count). The number of amides is 2. The van der Waals surface area contributed by atoms with Crippen molar-refractivity contribution in [2.24, 2.45) is 0 Å². The fourth-order valence-electron chi connectivity index (χ4n) is 2.89. The van der Waals surface area contributed by atoms with Crippen LogP contribution in [0.2, 0.25) is 0 Å². The highest BCUT2D eigenvalue weighted by atomic mass is 32.2. The molecule has 11 heteroatoms. The number of carbonyl (C=O) groups excluding carboxylic acids is 2. The van der Waals surface area contributed by atoms with Crippen LogP contribution < -0.4 is 10.6 Å². The summed E-state index contributed by atoms with van der Waals surface area (Å²) in [6.07, 6.45) is 9.07. The molecule has 32 heavy (non-hydrogen) atoms. The van der Waals surface area contributed by atoms with E-state index in [2.05, 4.69) is 20.6 Å². The molecule has 166 valence electrons. The van der Waals surface area contributed by atoms with Crippen molar-refractivity contribution >= 4 is 29.3 Å². The second-order valence-corrected chi connectivity index (χ2v) is 7.81. The number of nitro groups is 1. The summed E-state index contributed by atoms with van der Waals surface area (Å²) in [4.78, 5) is 44.0. The van der Waals surface area contributed by atoms with E-state index >= 15 is 0 Å². The fraction of sp³-hybridized carbons (Fsp3) is 0.238. The van der Waals surface area contributed by atoms with Crippen molar-refractivity contribution in [2.45, 2.75) is 19.0 Å². The summed E-state index contributed by atoms with van der Waals surface area (Å²) in [5, 5.41) is 16.5. The zero-order valence-electron chi connectivity index (χ0n) is 17.3. The van der Waals surface area contributed by atoms with Crippen molar-refractivity contribution in [3.63, 3.8) is 0 Å². The SMILES string of the molecule is CSCCC(NC(=O)c1cccc([N+](=O)[O-])c1)C(=O)NCc1ccc(-n2ccnc2)nc1. The first-order chi connectivity index (χ1) is 15.5. The lowest BCUT2D eigenvalue weighted by Crippen LogP contribution is -2.46. The molecular formula is C21H22N6O4S. The van der Waals surface area contributed by atoms with Crippen LogP contribution in [0.1, 0.15) is 22.3 Å². The van der Waals surface area contributed by atoms with Gasteiger partial charge in [-0.2, -0.15) is 11.8 Å². The largest absolute Gasteiger partial charge is 0.350 e. The molecule has 0 aliphatic carbocycles. The van der Waals surface area contributed by atoms with Gasteiger partial charge in [0.25, 0.3) is 11.6 Å². The summed E-state index contributed by atoms with van der Waals surface area (Å²) in [6.45, 7) is 0.249. The van der Waals surface area contributed by atoms with Crippen LogP contribution in [0.5, 0.6) is 0 Å². The number of hydrogen-bond donors (Lipinski definition) is 2. The Morgan fingerprint density at radius 3 is 2.78 bits per heavy atom. The van der Waals surface area contributed by atoms with Crippen LogP contribution >= 0.6 is 11.8 Å². The van der Waals surface area contributed by atoms with Crippen molar-refractivity contribution in [1.82, 2.24) is 25.2 Å². The number of thioether (sulfide) groups is 1. The van der Waals surface area contributed by atoms with Crippen molar-refractivity contribution in [3.8, 4) is 5.82 Å². The number of benzene rings is 1. The number of nitrogens with one attached hydrogen (secondary N) is 2. The summed E-state index contributed by atoms with van der Waals surface area (Å²) in [5.74, 6) is 0.492. The highest BCUT2D eigenvalue weighted by Crippen LogP contribution is 2.14. The Labute approximate surface area is 188 Å². The first-order valence-electron chi connectivity index (χ1n) is 9.73. The molecule has 1 unspecified atom stereocenters. The van der Waals surface area contributed by atoms with Crippen LogP contribution in [0.4, 0.5) is 5.69 Å². The summed E-state index contributed by atoms with van der Waals surface area (Å²) < 4.78 is 1.77. The molecule has 0 fully saturated rings. The lowest BCUT2D eigenvalue weighted by Gasteiger charge is -2.18. The van der Waals surface area contributed by atoms with Gasteiger partial charge in [-0.05, 0) is 36.1 Å². The Morgan fingerprint density at radius 2 is 2.12 bits per heavy atom. The monoisotopic (exact) mass is 454 g/mol. The number of nitrogens with zero attached hydrogens (tertiary/aromatic N) is 4. The van der Waals surface area contributed by atoms with Crippen molar-refractivity contribution in [3.05, 3.63) is 82.6 Å². The molecule has 2 aromatic heterocycles. The summed E-state index contributed by atoms with van der Waals surface area (Å²) in [5.41, 5.74) is 0.741. The Balaban J connectivity index is 1.62. The minimum Gasteiger partial charge on any atom is -0.350 e. The van der Waals surface area contributed by atoms with Crippen molar-refractivity contribution in [2.75, 3.05) is 12.0 Å². The van der Waals surface area contributed by atoms with Crippen LogP contribution in [-0.4, -0.2) is 49.3 Å². The lowest BCUT2D eigenvalue weighted by molar-refractivity contribution is -0.384. The third-order valence-electron chi connectivity index (χ3n) is 4.60. The minimum absolute atomic E-state index is 0.125. The van der Waals surface area contributed by atoms with Gasteiger partial charge in [0, 0.05) is 42.8 Å². The van der Waals surface area contributed by atoms with Crippen LogP contribution in [-0.2, 0) is 11.3 Å². The Bertz CT molecular complexity index is 1070. The molecule has 0 aliphatic rings. The average Bonchev–Trinajstić information content (AvgIpc) is 3.35. The Morgan fingerprint density at radius 1 is 1.28 bits per heavy atom. The maximum Gasteiger partial charge on any atom is 0.270 e. The van der Waals surface area contributed by atoms with E-state index in [0.29, 0.717) is 18.0 Å². The van der Waals surface area contributed by atoms with Crippen molar-refractivity contribution in [1.29, 1.82) is 0 Å². The molecule has 1 atom stereocenters. The number of pyridine rings is 1. The van der Waals surface area contributed by atoms with E-state index in [1.54, 1.807) is 41.2 Å². The zero-order chi connectivity index (χ0) is 22.9. The molecular weight excluding hydrogens is 432 g/mol. The van der Waals surface area contributed by atoms with Gasteiger partial charge in [0.1, 0.15) is 18.2 Å². The summed E-state index contributed by atoms with van der Waals surface area (Å²) in [6, 6.07) is 8.30. The van der Waals surface area contributed by atoms with E-state index in [1.165, 1.54) is 24.3 Å². The number of hydrogen-bond acceptors (Lipinski definition) is 7. The van der Waals surface area contributed by atoms with Gasteiger partial charge in [-0.15, -0.1) is 0 Å². The molecule has 3 aromatic rings. The van der Waals surface area contributed by atoms with Gasteiger partial charge in [0.15, 0.2) is 0 Å². The zero-order valence-corrected chi connectivity index (χ0v) is 18.1. The van der Waals surface area contributed by atoms with E-state index < -0.39 is 16.9 Å².